The van der Waals surface area contributed by atoms with Crippen LogP contribution in [0.2, 0.25) is 0 Å². The van der Waals surface area contributed by atoms with Crippen molar-refractivity contribution in [2.24, 2.45) is 0 Å². The highest BCUT2D eigenvalue weighted by Crippen LogP contribution is 2.66. The molecule has 1 spiro atoms. The van der Waals surface area contributed by atoms with Crippen molar-refractivity contribution < 1.29 is 0 Å². The summed E-state index contributed by atoms with van der Waals surface area (Å²) in [6, 6.07) is 28.5. The van der Waals surface area contributed by atoms with Crippen molar-refractivity contribution in [1.82, 2.24) is 38.2 Å². The summed E-state index contributed by atoms with van der Waals surface area (Å²) in [7, 11) is 0. The Kier molecular flexibility index (Phi) is 4.37. The normalized spacial score (nSPS) is 18.1. The molecule has 6 aliphatic heterocycles. The molecule has 0 amide bonds. The van der Waals surface area contributed by atoms with Crippen LogP contribution in [0.1, 0.15) is 22.3 Å². The number of rotatable bonds is 0. The number of benzene rings is 4. The number of nitrogens with zero attached hydrogens (tertiary/aromatic N) is 12. The Morgan fingerprint density at radius 1 is 0.368 bits per heavy atom. The number of hydrogen-bond donors (Lipinski definition) is 0. The van der Waals surface area contributed by atoms with Gasteiger partial charge in [0.2, 0.25) is 23.8 Å². The molecule has 8 aromatic rings. The van der Waals surface area contributed by atoms with Crippen molar-refractivity contribution in [2.75, 3.05) is 19.6 Å². The van der Waals surface area contributed by atoms with Crippen LogP contribution in [0.25, 0.3) is 22.3 Å². The van der Waals surface area contributed by atoms with Gasteiger partial charge >= 0.3 is 0 Å². The van der Waals surface area contributed by atoms with Gasteiger partial charge in [0.05, 0.1) is 54.3 Å². The van der Waals surface area contributed by atoms with E-state index in [-0.39, 0.29) is 0 Å². The molecule has 4 aromatic heterocycles. The molecule has 268 valence electrons. The van der Waals surface area contributed by atoms with Gasteiger partial charge in [-0.2, -0.15) is 0 Å². The average Bonchev–Trinajstić information content (AvgIpc) is 4.10. The van der Waals surface area contributed by atoms with Gasteiger partial charge in [0.15, 0.2) is 0 Å². The summed E-state index contributed by atoms with van der Waals surface area (Å²) < 4.78 is 9.10. The third-order valence-electron chi connectivity index (χ3n) is 13.7. The number of aromatic nitrogens is 8. The Labute approximate surface area is 324 Å². The van der Waals surface area contributed by atoms with E-state index in [0.717, 1.165) is 84.4 Å². The SMILES string of the molecule is c1cn2c(n1)N1C3=C(C2)Cn2ccnc2N3c2ccc3c(c2)C24c5cc1ccc5-c1ccc(cc12)N1C2=C(Cn5ccnc51)Cn1ccnc1N2c1ccc-3c4c1. The van der Waals surface area contributed by atoms with Gasteiger partial charge in [-0.15, -0.1) is 0 Å². The van der Waals surface area contributed by atoms with Crippen molar-refractivity contribution in [3.05, 3.63) is 167 Å². The van der Waals surface area contributed by atoms with Crippen LogP contribution in [0.5, 0.6) is 0 Å². The van der Waals surface area contributed by atoms with E-state index in [1.165, 1.54) is 55.7 Å². The number of imidazole rings is 4. The zero-order valence-electron chi connectivity index (χ0n) is 30.2. The summed E-state index contributed by atoms with van der Waals surface area (Å²) in [5.41, 5.74) is 16.5. The van der Waals surface area contributed by atoms with Crippen molar-refractivity contribution in [3.63, 3.8) is 0 Å². The monoisotopic (exact) mass is 736 g/mol. The lowest BCUT2D eigenvalue weighted by molar-refractivity contribution is 0.617. The molecule has 0 radical (unpaired) electrons. The fraction of sp³-hybridized carbons (Fsp3) is 0.111. The van der Waals surface area contributed by atoms with Gasteiger partial charge < -0.3 is 18.3 Å². The Morgan fingerprint density at radius 2 is 0.649 bits per heavy atom. The molecule has 16 rings (SSSR count). The summed E-state index contributed by atoms with van der Waals surface area (Å²) in [6.45, 7) is 3.05. The maximum Gasteiger partial charge on any atom is 0.216 e. The molecule has 0 atom stereocenters. The highest BCUT2D eigenvalue weighted by molar-refractivity contribution is 6.00. The Morgan fingerprint density at radius 3 is 0.930 bits per heavy atom. The lowest BCUT2D eigenvalue weighted by Crippen LogP contribution is -2.42. The smallest absolute Gasteiger partial charge is 0.216 e. The van der Waals surface area contributed by atoms with Gasteiger partial charge in [-0.1, -0.05) is 24.3 Å². The number of hydrogen-bond acceptors (Lipinski definition) is 8. The lowest BCUT2D eigenvalue weighted by atomic mass is 9.70. The summed E-state index contributed by atoms with van der Waals surface area (Å²) in [4.78, 5) is 29.5. The standard InChI is InChI=1S/C45H28N12/c1-5-31-32-6-2-29-18-36(32)45-35(31)17-27(1)54-39-25(21-50-13-9-46-41(50)54)22-51-14-10-47-42(51)55(39)28-3-7-33(37(45)19-28)34-8-4-30(20-38(34)45)57-40-26(24-53-16-12-49-44(53)57)23-52-15-11-48-43(52)56(29)40/h1-20H,21-24H2. The molecule has 57 heavy (non-hydrogen) atoms. The summed E-state index contributed by atoms with van der Waals surface area (Å²) in [6.07, 6.45) is 16.1. The molecular weight excluding hydrogens is 709 g/mol. The Balaban J connectivity index is 1.08. The van der Waals surface area contributed by atoms with Crippen LogP contribution in [0.4, 0.5) is 46.5 Å². The van der Waals surface area contributed by atoms with Crippen molar-refractivity contribution >= 4 is 46.5 Å². The summed E-state index contributed by atoms with van der Waals surface area (Å²) in [5, 5.41) is 0. The van der Waals surface area contributed by atoms with Gasteiger partial charge in [0, 0.05) is 60.7 Å². The third-order valence-corrected chi connectivity index (χ3v) is 13.7. The molecule has 4 aromatic carbocycles. The first kappa shape index (κ1) is 27.9. The first-order valence-electron chi connectivity index (χ1n) is 19.5. The molecule has 12 heteroatoms. The predicted molar refractivity (Wildman–Crippen MR) is 214 cm³/mol. The van der Waals surface area contributed by atoms with Crippen molar-refractivity contribution in [2.45, 2.75) is 31.6 Å². The molecule has 12 nitrogen and oxygen atoms in total. The Hall–Kier alpha value is -7.60. The maximum absolute atomic E-state index is 5.01. The molecule has 10 heterocycles. The number of fused-ring (bicyclic) bond motifs is 18. The molecule has 0 saturated carbocycles. The van der Waals surface area contributed by atoms with Gasteiger partial charge in [0.25, 0.3) is 0 Å². The van der Waals surface area contributed by atoms with Crippen LogP contribution in [0, 0.1) is 0 Å². The summed E-state index contributed by atoms with van der Waals surface area (Å²) in [5.74, 6) is 5.85. The van der Waals surface area contributed by atoms with Crippen molar-refractivity contribution in [1.29, 1.82) is 0 Å². The zero-order valence-corrected chi connectivity index (χ0v) is 30.2. The van der Waals surface area contributed by atoms with Crippen LogP contribution in [0.15, 0.2) is 145 Å². The van der Waals surface area contributed by atoms with Crippen LogP contribution in [-0.2, 0) is 31.6 Å². The minimum atomic E-state index is -0.617. The molecule has 0 unspecified atom stereocenters. The van der Waals surface area contributed by atoms with Crippen LogP contribution in [0.3, 0.4) is 0 Å². The van der Waals surface area contributed by atoms with E-state index in [9.17, 15) is 0 Å². The van der Waals surface area contributed by atoms with Gasteiger partial charge in [-0.05, 0) is 93.0 Å². The predicted octanol–water partition coefficient (Wildman–Crippen LogP) is 7.87. The van der Waals surface area contributed by atoms with Gasteiger partial charge in [-0.3, -0.25) is 19.6 Å². The van der Waals surface area contributed by atoms with Crippen molar-refractivity contribution in [3.8, 4) is 22.3 Å². The first-order valence-corrected chi connectivity index (χ1v) is 19.5. The van der Waals surface area contributed by atoms with Crippen LogP contribution >= 0.6 is 0 Å². The quantitative estimate of drug-likeness (QED) is 0.156. The Bertz CT molecular complexity index is 2880. The van der Waals surface area contributed by atoms with E-state index in [1.54, 1.807) is 0 Å². The minimum Gasteiger partial charge on any atom is -0.312 e. The third kappa shape index (κ3) is 2.94. The molecule has 0 fully saturated rings. The highest BCUT2D eigenvalue weighted by atomic mass is 15.5. The molecule has 8 bridgehead atoms. The fourth-order valence-electron chi connectivity index (χ4n) is 11.6. The molecule has 8 aliphatic rings. The largest absolute Gasteiger partial charge is 0.312 e. The zero-order chi connectivity index (χ0) is 36.5. The topological polar surface area (TPSA) is 84.2 Å². The molecule has 2 aliphatic carbocycles. The van der Waals surface area contributed by atoms with E-state index in [1.807, 2.05) is 24.8 Å². The lowest BCUT2D eigenvalue weighted by Gasteiger charge is -2.44. The second-order valence-corrected chi connectivity index (χ2v) is 16.3. The minimum absolute atomic E-state index is 0.617. The second kappa shape index (κ2) is 8.92. The average molecular weight is 737 g/mol. The van der Waals surface area contributed by atoms with E-state index in [2.05, 4.69) is 135 Å². The fourth-order valence-corrected chi connectivity index (χ4v) is 11.6. The van der Waals surface area contributed by atoms with Crippen LogP contribution < -0.4 is 19.6 Å². The van der Waals surface area contributed by atoms with E-state index < -0.39 is 5.41 Å². The molecule has 0 N–H and O–H groups in total. The maximum atomic E-state index is 5.01. The highest BCUT2D eigenvalue weighted by Gasteiger charge is 2.54. The number of allylic oxidation sites excluding steroid dienone is 2. The van der Waals surface area contributed by atoms with Gasteiger partial charge in [0.1, 0.15) is 11.6 Å². The molecular formula is C45H28N12. The van der Waals surface area contributed by atoms with E-state index in [4.69, 9.17) is 19.9 Å². The number of anilines is 8. The summed E-state index contributed by atoms with van der Waals surface area (Å²) >= 11 is 0. The van der Waals surface area contributed by atoms with E-state index in [0.29, 0.717) is 0 Å². The molecule has 0 saturated heterocycles. The van der Waals surface area contributed by atoms with E-state index >= 15 is 0 Å². The van der Waals surface area contributed by atoms with Gasteiger partial charge in [-0.25, -0.2) is 19.9 Å². The van der Waals surface area contributed by atoms with Crippen LogP contribution in [-0.4, -0.2) is 38.2 Å². The first-order chi connectivity index (χ1) is 28.2. The second-order valence-electron chi connectivity index (χ2n) is 16.3.